The molecule has 172 valence electrons. The molecule has 4 rings (SSSR count). The Hall–Kier alpha value is -2.47. The van der Waals surface area contributed by atoms with Crippen molar-refractivity contribution in [3.8, 4) is 5.75 Å². The molecule has 0 amide bonds. The Kier molecular flexibility index (Phi) is 7.09. The van der Waals surface area contributed by atoms with Crippen LogP contribution in [-0.4, -0.2) is 66.9 Å². The van der Waals surface area contributed by atoms with Crippen LogP contribution in [0, 0.1) is 5.92 Å². The van der Waals surface area contributed by atoms with Crippen molar-refractivity contribution in [2.24, 2.45) is 10.9 Å². The van der Waals surface area contributed by atoms with Crippen molar-refractivity contribution in [3.63, 3.8) is 0 Å². The molecule has 0 saturated carbocycles. The minimum Gasteiger partial charge on any atom is -0.487 e. The lowest BCUT2D eigenvalue weighted by Gasteiger charge is -2.38. The van der Waals surface area contributed by atoms with Crippen LogP contribution in [0.25, 0.3) is 0 Å². The maximum absolute atomic E-state index is 11.7. The second-order valence-electron chi connectivity index (χ2n) is 7.78. The number of thioether (sulfide) groups is 1. The fraction of sp³-hybridized carbons (Fsp3) is 0.524. The number of hydrogen-bond donors (Lipinski definition) is 3. The molecule has 2 saturated heterocycles. The highest BCUT2D eigenvalue weighted by Gasteiger charge is 2.49. The van der Waals surface area contributed by atoms with E-state index in [9.17, 15) is 15.0 Å². The molecular formula is C21H27N5O5S. The fourth-order valence-corrected chi connectivity index (χ4v) is 4.95. The first-order valence-electron chi connectivity index (χ1n) is 10.5. The van der Waals surface area contributed by atoms with Crippen molar-refractivity contribution in [1.29, 1.82) is 0 Å². The van der Waals surface area contributed by atoms with E-state index in [0.29, 0.717) is 23.2 Å². The standard InChI is InChI=1S/C21H27N5O5S/c1-3-22-21-23-18-19(29)16(10-27)17(31-20(18)32-21)9-26-8-14(24-25-26)11-30-15-6-4-13(5-7-15)12(2)28/h4-8,10,12,16-20,28-29H,3,9,11H2,1-2H3,(H,22,23). The third kappa shape index (κ3) is 4.96. The van der Waals surface area contributed by atoms with Gasteiger partial charge in [0.25, 0.3) is 0 Å². The van der Waals surface area contributed by atoms with Gasteiger partial charge in [-0.15, -0.1) is 5.10 Å². The molecule has 2 fully saturated rings. The number of amidine groups is 1. The Bertz CT molecular complexity index is 950. The lowest BCUT2D eigenvalue weighted by atomic mass is 9.89. The Labute approximate surface area is 190 Å². The molecule has 6 unspecified atom stereocenters. The summed E-state index contributed by atoms with van der Waals surface area (Å²) in [5.74, 6) is -0.0355. The Morgan fingerprint density at radius 1 is 1.41 bits per heavy atom. The Morgan fingerprint density at radius 3 is 2.88 bits per heavy atom. The molecule has 0 radical (unpaired) electrons. The molecule has 32 heavy (non-hydrogen) atoms. The summed E-state index contributed by atoms with van der Waals surface area (Å²) in [5, 5.41) is 32.4. The van der Waals surface area contributed by atoms with Gasteiger partial charge < -0.3 is 29.8 Å². The molecule has 0 spiro atoms. The van der Waals surface area contributed by atoms with E-state index in [-0.39, 0.29) is 24.6 Å². The van der Waals surface area contributed by atoms with Crippen LogP contribution in [0.4, 0.5) is 0 Å². The first kappa shape index (κ1) is 22.7. The summed E-state index contributed by atoms with van der Waals surface area (Å²) < 4.78 is 13.4. The van der Waals surface area contributed by atoms with E-state index in [0.717, 1.165) is 11.8 Å². The van der Waals surface area contributed by atoms with Crippen molar-refractivity contribution in [2.45, 2.75) is 56.8 Å². The summed E-state index contributed by atoms with van der Waals surface area (Å²) in [4.78, 5) is 16.1. The van der Waals surface area contributed by atoms with E-state index in [2.05, 4.69) is 20.6 Å². The lowest BCUT2D eigenvalue weighted by molar-refractivity contribution is -0.143. The van der Waals surface area contributed by atoms with Crippen LogP contribution in [0.1, 0.15) is 31.2 Å². The van der Waals surface area contributed by atoms with Crippen molar-refractivity contribution in [2.75, 3.05) is 6.54 Å². The third-order valence-electron chi connectivity index (χ3n) is 5.47. The maximum Gasteiger partial charge on any atom is 0.159 e. The van der Waals surface area contributed by atoms with E-state index in [1.165, 1.54) is 11.8 Å². The second-order valence-corrected chi connectivity index (χ2v) is 8.87. The van der Waals surface area contributed by atoms with Crippen LogP contribution in [-0.2, 0) is 22.7 Å². The molecule has 3 heterocycles. The van der Waals surface area contributed by atoms with Gasteiger partial charge in [-0.25, -0.2) is 4.68 Å². The van der Waals surface area contributed by atoms with Crippen molar-refractivity contribution < 1.29 is 24.5 Å². The molecule has 1 aromatic carbocycles. The number of ether oxygens (including phenoxy) is 2. The molecule has 2 aliphatic rings. The molecule has 0 aliphatic carbocycles. The highest BCUT2D eigenvalue weighted by molar-refractivity contribution is 8.14. The summed E-state index contributed by atoms with van der Waals surface area (Å²) in [6.45, 7) is 4.77. The van der Waals surface area contributed by atoms with Crippen molar-refractivity contribution >= 4 is 23.2 Å². The molecule has 1 aromatic heterocycles. The average Bonchev–Trinajstić information content (AvgIpc) is 3.40. The fourth-order valence-electron chi connectivity index (χ4n) is 3.75. The number of carbonyl (C=O) groups excluding carboxylic acids is 1. The molecule has 2 aromatic rings. The number of fused-ring (bicyclic) bond motifs is 1. The zero-order chi connectivity index (χ0) is 22.7. The average molecular weight is 462 g/mol. The lowest BCUT2D eigenvalue weighted by Crippen LogP contribution is -2.57. The highest BCUT2D eigenvalue weighted by atomic mass is 32.2. The predicted octanol–water partition coefficient (Wildman–Crippen LogP) is 0.892. The molecular weight excluding hydrogens is 434 g/mol. The van der Waals surface area contributed by atoms with Gasteiger partial charge in [-0.3, -0.25) is 4.99 Å². The van der Waals surface area contributed by atoms with E-state index in [4.69, 9.17) is 9.47 Å². The quantitative estimate of drug-likeness (QED) is 0.491. The SMILES string of the molecule is CCN=C1NC2C(OC(Cn3cc(COc4ccc(C(C)O)cc4)nn3)C(C=O)C2O)S1. The van der Waals surface area contributed by atoms with Gasteiger partial charge in [0.2, 0.25) is 0 Å². The largest absolute Gasteiger partial charge is 0.487 e. The zero-order valence-electron chi connectivity index (χ0n) is 17.9. The van der Waals surface area contributed by atoms with Gasteiger partial charge in [-0.2, -0.15) is 0 Å². The van der Waals surface area contributed by atoms with Crippen molar-refractivity contribution in [1.82, 2.24) is 20.3 Å². The van der Waals surface area contributed by atoms with Crippen molar-refractivity contribution in [3.05, 3.63) is 41.7 Å². The molecule has 6 atom stereocenters. The van der Waals surface area contributed by atoms with Crippen LogP contribution < -0.4 is 10.1 Å². The summed E-state index contributed by atoms with van der Waals surface area (Å²) in [7, 11) is 0. The molecule has 3 N–H and O–H groups in total. The first-order valence-corrected chi connectivity index (χ1v) is 11.4. The molecule has 11 heteroatoms. The topological polar surface area (TPSA) is 131 Å². The second kappa shape index (κ2) is 9.99. The molecule has 0 bridgehead atoms. The predicted molar refractivity (Wildman–Crippen MR) is 118 cm³/mol. The van der Waals surface area contributed by atoms with E-state index in [1.807, 2.05) is 19.1 Å². The number of hydrogen-bond acceptors (Lipinski definition) is 9. The zero-order valence-corrected chi connectivity index (χ0v) is 18.7. The monoisotopic (exact) mass is 461 g/mol. The van der Waals surface area contributed by atoms with Crippen LogP contribution in [0.5, 0.6) is 5.75 Å². The summed E-state index contributed by atoms with van der Waals surface area (Å²) in [6.07, 6.45) is 0.522. The molecule has 2 aliphatic heterocycles. The van der Waals surface area contributed by atoms with Crippen LogP contribution >= 0.6 is 11.8 Å². The smallest absolute Gasteiger partial charge is 0.159 e. The van der Waals surface area contributed by atoms with Gasteiger partial charge in [-0.05, 0) is 31.5 Å². The maximum atomic E-state index is 11.7. The minimum absolute atomic E-state index is 0.223. The Morgan fingerprint density at radius 2 is 2.19 bits per heavy atom. The number of benzene rings is 1. The normalized spacial score (nSPS) is 29.4. The number of nitrogens with zero attached hydrogens (tertiary/aromatic N) is 4. The van der Waals surface area contributed by atoms with Gasteiger partial charge in [0, 0.05) is 6.54 Å². The minimum atomic E-state index is -0.885. The number of carbonyl (C=O) groups is 1. The first-order chi connectivity index (χ1) is 15.5. The van der Waals surface area contributed by atoms with E-state index in [1.54, 1.807) is 29.9 Å². The van der Waals surface area contributed by atoms with Crippen LogP contribution in [0.2, 0.25) is 0 Å². The van der Waals surface area contributed by atoms with Gasteiger partial charge >= 0.3 is 0 Å². The number of aliphatic hydroxyl groups is 2. The van der Waals surface area contributed by atoms with E-state index >= 15 is 0 Å². The van der Waals surface area contributed by atoms with Gasteiger partial charge in [-0.1, -0.05) is 29.1 Å². The van der Waals surface area contributed by atoms with Crippen LogP contribution in [0.3, 0.4) is 0 Å². The highest BCUT2D eigenvalue weighted by Crippen LogP contribution is 2.36. The number of aliphatic imine (C=N–C) groups is 1. The summed E-state index contributed by atoms with van der Waals surface area (Å²) in [6, 6.07) is 6.82. The van der Waals surface area contributed by atoms with Gasteiger partial charge in [0.15, 0.2) is 5.17 Å². The third-order valence-corrected chi connectivity index (χ3v) is 6.58. The number of aliphatic hydroxyl groups excluding tert-OH is 2. The van der Waals surface area contributed by atoms with Crippen LogP contribution in [0.15, 0.2) is 35.5 Å². The number of aromatic nitrogens is 3. The van der Waals surface area contributed by atoms with Gasteiger partial charge in [0.1, 0.15) is 29.8 Å². The summed E-state index contributed by atoms with van der Waals surface area (Å²) in [5.41, 5.74) is 1.11. The molecule has 10 nitrogen and oxygen atoms in total. The number of rotatable bonds is 8. The van der Waals surface area contributed by atoms with Gasteiger partial charge in [0.05, 0.1) is 43.0 Å². The number of aldehydes is 1. The van der Waals surface area contributed by atoms with E-state index < -0.39 is 24.2 Å². The number of nitrogens with one attached hydrogen (secondary N) is 1. The summed E-state index contributed by atoms with van der Waals surface area (Å²) >= 11 is 1.42. The Balaban J connectivity index is 1.37.